The first-order chi connectivity index (χ1) is 6.66. The Labute approximate surface area is 86.7 Å². The Bertz CT molecular complexity index is 328. The maximum atomic E-state index is 2.40. The minimum atomic E-state index is 0.646. The van der Waals surface area contributed by atoms with Crippen LogP contribution in [0.15, 0.2) is 18.2 Å². The van der Waals surface area contributed by atoms with Crippen molar-refractivity contribution in [1.29, 1.82) is 0 Å². The third kappa shape index (κ3) is 1.83. The van der Waals surface area contributed by atoms with Gasteiger partial charge in [0.15, 0.2) is 0 Å². The van der Waals surface area contributed by atoms with Gasteiger partial charge < -0.3 is 4.90 Å². The van der Waals surface area contributed by atoms with Crippen molar-refractivity contribution >= 4 is 0 Å². The second-order valence-corrected chi connectivity index (χ2v) is 4.67. The van der Waals surface area contributed by atoms with E-state index in [1.165, 1.54) is 24.1 Å². The molecule has 0 bridgehead atoms. The second kappa shape index (κ2) is 3.74. The minimum absolute atomic E-state index is 0.646. The fourth-order valence-corrected chi connectivity index (χ4v) is 2.08. The molecule has 1 aromatic carbocycles. The van der Waals surface area contributed by atoms with Crippen molar-refractivity contribution in [1.82, 2.24) is 4.90 Å². The van der Waals surface area contributed by atoms with Crippen molar-refractivity contribution in [2.45, 2.75) is 32.7 Å². The Hall–Kier alpha value is -0.820. The Morgan fingerprint density at radius 2 is 2.00 bits per heavy atom. The summed E-state index contributed by atoms with van der Waals surface area (Å²) in [5.74, 6) is 0.646. The van der Waals surface area contributed by atoms with Gasteiger partial charge in [0.1, 0.15) is 0 Å². The lowest BCUT2D eigenvalue weighted by Gasteiger charge is -2.25. The summed E-state index contributed by atoms with van der Waals surface area (Å²) in [6.45, 7) is 6.84. The first-order valence-corrected chi connectivity index (χ1v) is 5.47. The molecule has 1 nitrogen and oxygen atoms in total. The average Bonchev–Trinajstić information content (AvgIpc) is 2.16. The highest BCUT2D eigenvalue weighted by Crippen LogP contribution is 2.23. The van der Waals surface area contributed by atoms with Crippen LogP contribution < -0.4 is 0 Å². The lowest BCUT2D eigenvalue weighted by molar-refractivity contribution is 0.312. The summed E-state index contributed by atoms with van der Waals surface area (Å²) in [6.07, 6.45) is 1.21. The highest BCUT2D eigenvalue weighted by Gasteiger charge is 2.13. The lowest BCUT2D eigenvalue weighted by Crippen LogP contribution is -2.26. The van der Waals surface area contributed by atoms with Crippen molar-refractivity contribution in [2.24, 2.45) is 0 Å². The molecule has 0 aliphatic carbocycles. The fourth-order valence-electron chi connectivity index (χ4n) is 2.08. The molecule has 0 aromatic heterocycles. The molecule has 1 aromatic rings. The summed E-state index contributed by atoms with van der Waals surface area (Å²) < 4.78 is 0. The molecule has 0 amide bonds. The topological polar surface area (TPSA) is 3.24 Å². The summed E-state index contributed by atoms with van der Waals surface area (Å²) in [4.78, 5) is 2.40. The first-order valence-electron chi connectivity index (χ1n) is 5.47. The van der Waals surface area contributed by atoms with Crippen LogP contribution >= 0.6 is 0 Å². The van der Waals surface area contributed by atoms with Gasteiger partial charge in [0.25, 0.3) is 0 Å². The van der Waals surface area contributed by atoms with Crippen LogP contribution in [0, 0.1) is 0 Å². The van der Waals surface area contributed by atoms with Crippen molar-refractivity contribution in [3.8, 4) is 0 Å². The Balaban J connectivity index is 2.33. The molecule has 0 spiro atoms. The summed E-state index contributed by atoms with van der Waals surface area (Å²) >= 11 is 0. The summed E-state index contributed by atoms with van der Waals surface area (Å²) in [5, 5.41) is 0. The maximum Gasteiger partial charge on any atom is 0.0233 e. The van der Waals surface area contributed by atoms with Crippen molar-refractivity contribution in [2.75, 3.05) is 13.6 Å². The normalized spacial score (nSPS) is 17.1. The molecule has 1 heteroatoms. The average molecular weight is 189 g/mol. The molecule has 14 heavy (non-hydrogen) atoms. The number of fused-ring (bicyclic) bond motifs is 1. The van der Waals surface area contributed by atoms with Gasteiger partial charge in [-0.05, 0) is 36.1 Å². The molecule has 76 valence electrons. The molecule has 0 saturated carbocycles. The largest absolute Gasteiger partial charge is 0.302 e. The van der Waals surface area contributed by atoms with Crippen molar-refractivity contribution in [3.05, 3.63) is 34.9 Å². The van der Waals surface area contributed by atoms with Gasteiger partial charge in [0, 0.05) is 13.1 Å². The number of hydrogen-bond acceptors (Lipinski definition) is 1. The minimum Gasteiger partial charge on any atom is -0.302 e. The van der Waals surface area contributed by atoms with Gasteiger partial charge in [0.2, 0.25) is 0 Å². The SMILES string of the molecule is CC(C)c1ccc2c(c1)CN(C)CC2. The van der Waals surface area contributed by atoms with Crippen LogP contribution in [-0.4, -0.2) is 18.5 Å². The van der Waals surface area contributed by atoms with Gasteiger partial charge in [-0.3, -0.25) is 0 Å². The van der Waals surface area contributed by atoms with E-state index in [4.69, 9.17) is 0 Å². The number of rotatable bonds is 1. The monoisotopic (exact) mass is 189 g/mol. The van der Waals surface area contributed by atoms with E-state index in [1.807, 2.05) is 0 Å². The van der Waals surface area contributed by atoms with Gasteiger partial charge >= 0.3 is 0 Å². The summed E-state index contributed by atoms with van der Waals surface area (Å²) in [5.41, 5.74) is 4.55. The van der Waals surface area contributed by atoms with Gasteiger partial charge in [-0.1, -0.05) is 32.0 Å². The highest BCUT2D eigenvalue weighted by atomic mass is 15.1. The summed E-state index contributed by atoms with van der Waals surface area (Å²) in [7, 11) is 2.20. The van der Waals surface area contributed by atoms with Crippen LogP contribution in [0.2, 0.25) is 0 Å². The van der Waals surface area contributed by atoms with Gasteiger partial charge in [-0.2, -0.15) is 0 Å². The molecular formula is C13H19N. The Kier molecular flexibility index (Phi) is 2.60. The zero-order valence-electron chi connectivity index (χ0n) is 9.38. The third-order valence-electron chi connectivity index (χ3n) is 3.10. The highest BCUT2D eigenvalue weighted by molar-refractivity contribution is 5.34. The van der Waals surface area contributed by atoms with Gasteiger partial charge in [-0.25, -0.2) is 0 Å². The molecule has 0 N–H and O–H groups in total. The van der Waals surface area contributed by atoms with E-state index in [0.29, 0.717) is 5.92 Å². The number of nitrogens with zero attached hydrogens (tertiary/aromatic N) is 1. The van der Waals surface area contributed by atoms with Crippen molar-refractivity contribution < 1.29 is 0 Å². The second-order valence-electron chi connectivity index (χ2n) is 4.67. The lowest BCUT2D eigenvalue weighted by atomic mass is 9.94. The fraction of sp³-hybridized carbons (Fsp3) is 0.538. The van der Waals surface area contributed by atoms with Crippen LogP contribution in [0.25, 0.3) is 0 Å². The molecule has 0 saturated heterocycles. The number of benzene rings is 1. The molecule has 0 radical (unpaired) electrons. The van der Waals surface area contributed by atoms with E-state index >= 15 is 0 Å². The number of likely N-dealkylation sites (N-methyl/N-ethyl adjacent to an activating group) is 1. The van der Waals surface area contributed by atoms with Crippen LogP contribution in [0.4, 0.5) is 0 Å². The summed E-state index contributed by atoms with van der Waals surface area (Å²) in [6, 6.07) is 6.99. The molecular weight excluding hydrogens is 170 g/mol. The first kappa shape index (κ1) is 9.72. The van der Waals surface area contributed by atoms with Gasteiger partial charge in [0.05, 0.1) is 0 Å². The number of hydrogen-bond donors (Lipinski definition) is 0. The van der Waals surface area contributed by atoms with E-state index < -0.39 is 0 Å². The maximum absolute atomic E-state index is 2.40. The molecule has 1 heterocycles. The zero-order chi connectivity index (χ0) is 10.1. The van der Waals surface area contributed by atoms with Crippen LogP contribution in [0.1, 0.15) is 36.5 Å². The predicted octanol–water partition coefficient (Wildman–Crippen LogP) is 2.80. The zero-order valence-corrected chi connectivity index (χ0v) is 9.38. The van der Waals surface area contributed by atoms with Crippen molar-refractivity contribution in [3.63, 3.8) is 0 Å². The third-order valence-corrected chi connectivity index (χ3v) is 3.10. The smallest absolute Gasteiger partial charge is 0.0233 e. The predicted molar refractivity (Wildman–Crippen MR) is 60.6 cm³/mol. The van der Waals surface area contributed by atoms with E-state index in [2.05, 4.69) is 44.0 Å². The molecule has 0 fully saturated rings. The van der Waals surface area contributed by atoms with E-state index in [-0.39, 0.29) is 0 Å². The molecule has 1 aliphatic heterocycles. The quantitative estimate of drug-likeness (QED) is 0.656. The standard InChI is InChI=1S/C13H19N/c1-10(2)12-5-4-11-6-7-14(3)9-13(11)8-12/h4-5,8,10H,6-7,9H2,1-3H3. The Morgan fingerprint density at radius 3 is 2.71 bits per heavy atom. The van der Waals surface area contributed by atoms with E-state index in [1.54, 1.807) is 5.56 Å². The molecule has 0 atom stereocenters. The van der Waals surface area contributed by atoms with Crippen LogP contribution in [0.5, 0.6) is 0 Å². The van der Waals surface area contributed by atoms with E-state index in [9.17, 15) is 0 Å². The van der Waals surface area contributed by atoms with Crippen LogP contribution in [-0.2, 0) is 13.0 Å². The Morgan fingerprint density at radius 1 is 1.21 bits per heavy atom. The molecule has 1 aliphatic rings. The molecule has 2 rings (SSSR count). The van der Waals surface area contributed by atoms with E-state index in [0.717, 1.165) is 6.54 Å². The van der Waals surface area contributed by atoms with Gasteiger partial charge in [-0.15, -0.1) is 0 Å². The molecule has 0 unspecified atom stereocenters. The van der Waals surface area contributed by atoms with Crippen LogP contribution in [0.3, 0.4) is 0 Å².